The molecule has 0 radical (unpaired) electrons. The Hall–Kier alpha value is -2.50. The molecule has 0 saturated carbocycles. The molecule has 0 aliphatic carbocycles. The number of benzene rings is 1. The van der Waals surface area contributed by atoms with Crippen LogP contribution >= 0.6 is 0 Å². The number of rotatable bonds is 5. The monoisotopic (exact) mass is 288 g/mol. The fourth-order valence-corrected chi connectivity index (χ4v) is 2.36. The molecule has 0 amide bonds. The zero-order valence-corrected chi connectivity index (χ0v) is 12.5. The quantitative estimate of drug-likeness (QED) is 0.871. The zero-order chi connectivity index (χ0) is 15.4. The lowest BCUT2D eigenvalue weighted by molar-refractivity contribution is 0.351. The van der Waals surface area contributed by atoms with Gasteiger partial charge in [-0.1, -0.05) is 13.0 Å². The summed E-state index contributed by atoms with van der Waals surface area (Å²) in [5.41, 5.74) is 14.5. The fourth-order valence-electron chi connectivity index (χ4n) is 2.36. The summed E-state index contributed by atoms with van der Waals surface area (Å²) < 4.78 is 10.8. The second kappa shape index (κ2) is 6.30. The minimum atomic E-state index is 0.180. The van der Waals surface area contributed by atoms with E-state index in [9.17, 15) is 0 Å². The summed E-state index contributed by atoms with van der Waals surface area (Å²) >= 11 is 0. The molecule has 6 heteroatoms. The van der Waals surface area contributed by atoms with Crippen molar-refractivity contribution < 1.29 is 9.47 Å². The van der Waals surface area contributed by atoms with Crippen molar-refractivity contribution in [2.24, 2.45) is 0 Å². The van der Waals surface area contributed by atoms with Crippen LogP contribution in [-0.2, 0) is 12.8 Å². The van der Waals surface area contributed by atoms with Gasteiger partial charge in [0.05, 0.1) is 14.2 Å². The molecule has 112 valence electrons. The molecular formula is C15H20N4O2. The summed E-state index contributed by atoms with van der Waals surface area (Å²) in [5, 5.41) is 0. The molecule has 1 aromatic heterocycles. The smallest absolute Gasteiger partial charge is 0.221 e. The Morgan fingerprint density at radius 3 is 2.43 bits per heavy atom. The largest absolute Gasteiger partial charge is 0.493 e. The number of anilines is 2. The standard InChI is InChI=1S/C15H20N4O2/c1-4-11-9(5-6-12(20-2)13(11)21-3)7-10-8-18-15(17)19-14(10)16/h5-6,8H,4,7H2,1-3H3,(H4,16,17,18,19). The van der Waals surface area contributed by atoms with E-state index < -0.39 is 0 Å². The van der Waals surface area contributed by atoms with Gasteiger partial charge in [0.2, 0.25) is 5.95 Å². The molecule has 6 nitrogen and oxygen atoms in total. The first-order chi connectivity index (χ1) is 10.1. The average molecular weight is 288 g/mol. The number of nitrogens with two attached hydrogens (primary N) is 2. The predicted octanol–water partition coefficient (Wildman–Crippen LogP) is 1.81. The molecule has 0 bridgehead atoms. The number of nitrogen functional groups attached to an aromatic ring is 2. The lowest BCUT2D eigenvalue weighted by Gasteiger charge is -2.16. The van der Waals surface area contributed by atoms with Crippen molar-refractivity contribution in [1.82, 2.24) is 9.97 Å². The van der Waals surface area contributed by atoms with E-state index in [1.807, 2.05) is 12.1 Å². The van der Waals surface area contributed by atoms with Crippen LogP contribution < -0.4 is 20.9 Å². The molecule has 0 saturated heterocycles. The van der Waals surface area contributed by atoms with E-state index in [0.29, 0.717) is 12.2 Å². The Bertz CT molecular complexity index is 644. The van der Waals surface area contributed by atoms with Gasteiger partial charge in [-0.25, -0.2) is 4.98 Å². The predicted molar refractivity (Wildman–Crippen MR) is 82.6 cm³/mol. The lowest BCUT2D eigenvalue weighted by atomic mass is 9.97. The van der Waals surface area contributed by atoms with E-state index in [4.69, 9.17) is 20.9 Å². The molecule has 0 fully saturated rings. The van der Waals surface area contributed by atoms with Gasteiger partial charge in [0.25, 0.3) is 0 Å². The van der Waals surface area contributed by atoms with Gasteiger partial charge in [0, 0.05) is 23.7 Å². The van der Waals surface area contributed by atoms with E-state index in [-0.39, 0.29) is 5.95 Å². The molecule has 1 heterocycles. The van der Waals surface area contributed by atoms with Crippen molar-refractivity contribution in [3.63, 3.8) is 0 Å². The first-order valence-corrected chi connectivity index (χ1v) is 6.70. The molecule has 0 aliphatic rings. The lowest BCUT2D eigenvalue weighted by Crippen LogP contribution is -2.06. The third-order valence-corrected chi connectivity index (χ3v) is 3.40. The van der Waals surface area contributed by atoms with Crippen molar-refractivity contribution in [3.05, 3.63) is 35.0 Å². The second-order valence-electron chi connectivity index (χ2n) is 4.61. The van der Waals surface area contributed by atoms with Crippen LogP contribution in [0, 0.1) is 0 Å². The van der Waals surface area contributed by atoms with Crippen LogP contribution in [0.2, 0.25) is 0 Å². The molecular weight excluding hydrogens is 268 g/mol. The van der Waals surface area contributed by atoms with Crippen LogP contribution in [0.15, 0.2) is 18.3 Å². The highest BCUT2D eigenvalue weighted by Gasteiger charge is 2.15. The van der Waals surface area contributed by atoms with Crippen LogP contribution in [0.5, 0.6) is 11.5 Å². The molecule has 4 N–H and O–H groups in total. The Labute approximate surface area is 124 Å². The van der Waals surface area contributed by atoms with Crippen LogP contribution in [-0.4, -0.2) is 24.2 Å². The third kappa shape index (κ3) is 2.99. The van der Waals surface area contributed by atoms with Gasteiger partial charge in [-0.2, -0.15) is 4.98 Å². The van der Waals surface area contributed by atoms with Gasteiger partial charge >= 0.3 is 0 Å². The van der Waals surface area contributed by atoms with Gasteiger partial charge in [0.1, 0.15) is 5.82 Å². The van der Waals surface area contributed by atoms with Crippen molar-refractivity contribution in [2.45, 2.75) is 19.8 Å². The highest BCUT2D eigenvalue weighted by Crippen LogP contribution is 2.35. The third-order valence-electron chi connectivity index (χ3n) is 3.40. The van der Waals surface area contributed by atoms with Crippen molar-refractivity contribution in [3.8, 4) is 11.5 Å². The van der Waals surface area contributed by atoms with Gasteiger partial charge < -0.3 is 20.9 Å². The summed E-state index contributed by atoms with van der Waals surface area (Å²) in [4.78, 5) is 7.99. The highest BCUT2D eigenvalue weighted by molar-refractivity contribution is 5.53. The molecule has 21 heavy (non-hydrogen) atoms. The average Bonchev–Trinajstić information content (AvgIpc) is 2.49. The number of methoxy groups -OCH3 is 2. The van der Waals surface area contributed by atoms with Crippen molar-refractivity contribution in [2.75, 3.05) is 25.7 Å². The Kier molecular flexibility index (Phi) is 4.47. The minimum absolute atomic E-state index is 0.180. The summed E-state index contributed by atoms with van der Waals surface area (Å²) in [6.45, 7) is 2.07. The van der Waals surface area contributed by atoms with Crippen LogP contribution in [0.4, 0.5) is 11.8 Å². The van der Waals surface area contributed by atoms with Crippen LogP contribution in [0.1, 0.15) is 23.6 Å². The van der Waals surface area contributed by atoms with Crippen molar-refractivity contribution >= 4 is 11.8 Å². The first kappa shape index (κ1) is 14.9. The maximum Gasteiger partial charge on any atom is 0.221 e. The summed E-state index contributed by atoms with van der Waals surface area (Å²) in [7, 11) is 3.27. The number of aromatic nitrogens is 2. The maximum atomic E-state index is 5.90. The molecule has 2 rings (SSSR count). The maximum absolute atomic E-state index is 5.90. The highest BCUT2D eigenvalue weighted by atomic mass is 16.5. The first-order valence-electron chi connectivity index (χ1n) is 6.70. The topological polar surface area (TPSA) is 96.3 Å². The number of ether oxygens (including phenoxy) is 2. The molecule has 0 atom stereocenters. The molecule has 0 unspecified atom stereocenters. The van der Waals surface area contributed by atoms with E-state index in [0.717, 1.165) is 34.6 Å². The van der Waals surface area contributed by atoms with Gasteiger partial charge in [-0.3, -0.25) is 0 Å². The van der Waals surface area contributed by atoms with Gasteiger partial charge in [0.15, 0.2) is 11.5 Å². The summed E-state index contributed by atoms with van der Waals surface area (Å²) in [6.07, 6.45) is 3.11. The summed E-state index contributed by atoms with van der Waals surface area (Å²) in [6, 6.07) is 3.90. The Morgan fingerprint density at radius 2 is 1.86 bits per heavy atom. The van der Waals surface area contributed by atoms with E-state index in [1.165, 1.54) is 0 Å². The number of hydrogen-bond donors (Lipinski definition) is 2. The van der Waals surface area contributed by atoms with E-state index in [2.05, 4.69) is 16.9 Å². The fraction of sp³-hybridized carbons (Fsp3) is 0.333. The zero-order valence-electron chi connectivity index (χ0n) is 12.5. The van der Waals surface area contributed by atoms with Crippen LogP contribution in [0.3, 0.4) is 0 Å². The molecule has 2 aromatic rings. The Balaban J connectivity index is 2.44. The molecule has 1 aromatic carbocycles. The SMILES string of the molecule is CCc1c(Cc2cnc(N)nc2N)ccc(OC)c1OC. The molecule has 0 aliphatic heterocycles. The normalized spacial score (nSPS) is 10.4. The van der Waals surface area contributed by atoms with Gasteiger partial charge in [-0.15, -0.1) is 0 Å². The number of nitrogens with zero attached hydrogens (tertiary/aromatic N) is 2. The summed E-state index contributed by atoms with van der Waals surface area (Å²) in [5.74, 6) is 2.06. The van der Waals surface area contributed by atoms with Crippen LogP contribution in [0.25, 0.3) is 0 Å². The second-order valence-corrected chi connectivity index (χ2v) is 4.61. The Morgan fingerprint density at radius 1 is 1.10 bits per heavy atom. The van der Waals surface area contributed by atoms with E-state index >= 15 is 0 Å². The van der Waals surface area contributed by atoms with E-state index in [1.54, 1.807) is 20.4 Å². The minimum Gasteiger partial charge on any atom is -0.493 e. The molecule has 0 spiro atoms. The number of hydrogen-bond acceptors (Lipinski definition) is 6. The van der Waals surface area contributed by atoms with Crippen molar-refractivity contribution in [1.29, 1.82) is 0 Å². The van der Waals surface area contributed by atoms with Gasteiger partial charge in [-0.05, 0) is 18.1 Å².